The number of alkyl halides is 3. The van der Waals surface area contributed by atoms with E-state index in [-0.39, 0.29) is 22.9 Å². The molecule has 7 nitrogen and oxygen atoms in total. The Morgan fingerprint density at radius 3 is 2.58 bits per heavy atom. The second-order valence-corrected chi connectivity index (χ2v) is 5.35. The number of amides is 2. The minimum Gasteiger partial charge on any atom is -0.399 e. The standard InChI is InChI=1S/C13H11ClF3N3O4/c14-6-3-7(18)5-8(4-6)19-9-1-2-10(21)20(11(9)22)24-12(23)13(15,16)17/h3-5,9,19H,1-2,18H2. The molecule has 1 fully saturated rings. The van der Waals surface area contributed by atoms with Crippen LogP contribution in [-0.2, 0) is 19.2 Å². The van der Waals surface area contributed by atoms with Crippen LogP contribution < -0.4 is 11.1 Å². The summed E-state index contributed by atoms with van der Waals surface area (Å²) in [6, 6.07) is 3.26. The maximum atomic E-state index is 12.2. The average molecular weight is 366 g/mol. The monoisotopic (exact) mass is 365 g/mol. The van der Waals surface area contributed by atoms with Gasteiger partial charge < -0.3 is 15.9 Å². The zero-order valence-corrected chi connectivity index (χ0v) is 12.6. The zero-order chi connectivity index (χ0) is 18.1. The van der Waals surface area contributed by atoms with Gasteiger partial charge in [-0.2, -0.15) is 13.2 Å². The Bertz CT molecular complexity index is 675. The lowest BCUT2D eigenvalue weighted by Crippen LogP contribution is -2.52. The third-order valence-electron chi connectivity index (χ3n) is 3.04. The predicted molar refractivity (Wildman–Crippen MR) is 76.5 cm³/mol. The first kappa shape index (κ1) is 17.9. The van der Waals surface area contributed by atoms with Gasteiger partial charge >= 0.3 is 12.1 Å². The molecule has 1 unspecified atom stereocenters. The van der Waals surface area contributed by atoms with E-state index in [4.69, 9.17) is 17.3 Å². The van der Waals surface area contributed by atoms with Crippen LogP contribution in [0.4, 0.5) is 24.5 Å². The number of nitrogens with two attached hydrogens (primary N) is 1. The van der Waals surface area contributed by atoms with Crippen LogP contribution in [0.15, 0.2) is 18.2 Å². The number of carbonyl (C=O) groups excluding carboxylic acids is 3. The molecule has 0 aliphatic carbocycles. The van der Waals surface area contributed by atoms with Crippen LogP contribution in [0.3, 0.4) is 0 Å². The molecular formula is C13H11ClF3N3O4. The molecule has 2 amide bonds. The number of nitrogen functional groups attached to an aromatic ring is 1. The van der Waals surface area contributed by atoms with Gasteiger partial charge in [-0.15, -0.1) is 5.06 Å². The molecule has 0 saturated carbocycles. The van der Waals surface area contributed by atoms with Crippen molar-refractivity contribution in [2.75, 3.05) is 11.1 Å². The van der Waals surface area contributed by atoms with Crippen LogP contribution in [0.25, 0.3) is 0 Å². The number of nitrogens with zero attached hydrogens (tertiary/aromatic N) is 1. The van der Waals surface area contributed by atoms with Crippen molar-refractivity contribution in [2.45, 2.75) is 25.1 Å². The highest BCUT2D eigenvalue weighted by molar-refractivity contribution is 6.31. The molecule has 0 radical (unpaired) electrons. The van der Waals surface area contributed by atoms with E-state index in [2.05, 4.69) is 10.2 Å². The van der Waals surface area contributed by atoms with E-state index in [9.17, 15) is 27.6 Å². The quantitative estimate of drug-likeness (QED) is 0.626. The van der Waals surface area contributed by atoms with E-state index in [0.717, 1.165) is 0 Å². The second kappa shape index (κ2) is 6.56. The summed E-state index contributed by atoms with van der Waals surface area (Å²) in [6.07, 6.45) is -5.61. The van der Waals surface area contributed by atoms with Crippen molar-refractivity contribution in [3.63, 3.8) is 0 Å². The van der Waals surface area contributed by atoms with Crippen LogP contribution >= 0.6 is 11.6 Å². The number of imide groups is 1. The summed E-state index contributed by atoms with van der Waals surface area (Å²) in [5.74, 6) is -4.82. The molecule has 1 aliphatic rings. The highest BCUT2D eigenvalue weighted by Gasteiger charge is 2.46. The first-order valence-electron chi connectivity index (χ1n) is 6.56. The number of carbonyl (C=O) groups is 3. The number of nitrogens with one attached hydrogen (secondary N) is 1. The number of piperidine rings is 1. The van der Waals surface area contributed by atoms with Gasteiger partial charge in [0.25, 0.3) is 11.8 Å². The number of benzene rings is 1. The Balaban J connectivity index is 2.14. The molecule has 11 heteroatoms. The first-order valence-corrected chi connectivity index (χ1v) is 6.94. The lowest BCUT2D eigenvalue weighted by molar-refractivity contribution is -0.237. The Labute approximate surface area is 138 Å². The minimum absolute atomic E-state index is 0.00412. The van der Waals surface area contributed by atoms with Crippen molar-refractivity contribution in [3.8, 4) is 0 Å². The third-order valence-corrected chi connectivity index (χ3v) is 3.26. The van der Waals surface area contributed by atoms with Gasteiger partial charge in [-0.3, -0.25) is 9.59 Å². The molecule has 0 aromatic heterocycles. The SMILES string of the molecule is Nc1cc(Cl)cc(NC2CCC(=O)N(OC(=O)C(F)(F)F)C2=O)c1. The lowest BCUT2D eigenvalue weighted by Gasteiger charge is -2.29. The van der Waals surface area contributed by atoms with Crippen molar-refractivity contribution in [2.24, 2.45) is 0 Å². The normalized spacial score (nSPS) is 18.5. The molecule has 3 N–H and O–H groups in total. The summed E-state index contributed by atoms with van der Waals surface area (Å²) in [5.41, 5.74) is 6.22. The number of hydrogen-bond donors (Lipinski definition) is 2. The summed E-state index contributed by atoms with van der Waals surface area (Å²) in [7, 11) is 0. The largest absolute Gasteiger partial charge is 0.493 e. The highest BCUT2D eigenvalue weighted by Crippen LogP contribution is 2.25. The molecule has 2 rings (SSSR count). The minimum atomic E-state index is -5.33. The first-order chi connectivity index (χ1) is 11.1. The molecule has 1 aliphatic heterocycles. The number of hydrogen-bond acceptors (Lipinski definition) is 6. The van der Waals surface area contributed by atoms with Crippen molar-refractivity contribution in [3.05, 3.63) is 23.2 Å². The van der Waals surface area contributed by atoms with E-state index in [0.29, 0.717) is 11.4 Å². The van der Waals surface area contributed by atoms with Crippen LogP contribution in [0.1, 0.15) is 12.8 Å². The Hall–Kier alpha value is -2.49. The maximum absolute atomic E-state index is 12.2. The van der Waals surface area contributed by atoms with Crippen molar-refractivity contribution < 1.29 is 32.4 Å². The number of rotatable bonds is 3. The fourth-order valence-corrected chi connectivity index (χ4v) is 2.26. The Kier molecular flexibility index (Phi) is 4.88. The summed E-state index contributed by atoms with van der Waals surface area (Å²) < 4.78 is 36.7. The fraction of sp³-hybridized carbons (Fsp3) is 0.308. The molecular weight excluding hydrogens is 355 g/mol. The maximum Gasteiger partial charge on any atom is 0.493 e. The third kappa shape index (κ3) is 4.07. The van der Waals surface area contributed by atoms with E-state index in [1.165, 1.54) is 18.2 Å². The van der Waals surface area contributed by atoms with Crippen molar-refractivity contribution >= 4 is 40.8 Å². The van der Waals surface area contributed by atoms with Crippen LogP contribution in [0, 0.1) is 0 Å². The van der Waals surface area contributed by atoms with Gasteiger partial charge in [0.1, 0.15) is 6.04 Å². The van der Waals surface area contributed by atoms with E-state index in [1.54, 1.807) is 0 Å². The number of anilines is 2. The summed E-state index contributed by atoms with van der Waals surface area (Å²) in [6.45, 7) is 0. The predicted octanol–water partition coefficient (Wildman–Crippen LogP) is 1.87. The average Bonchev–Trinajstić information content (AvgIpc) is 2.44. The van der Waals surface area contributed by atoms with Gasteiger partial charge in [0, 0.05) is 22.8 Å². The van der Waals surface area contributed by atoms with Crippen molar-refractivity contribution in [1.29, 1.82) is 0 Å². The number of halogens is 4. The van der Waals surface area contributed by atoms with Gasteiger partial charge in [-0.05, 0) is 24.6 Å². The van der Waals surface area contributed by atoms with Gasteiger partial charge in [0.2, 0.25) is 0 Å². The molecule has 1 aromatic carbocycles. The zero-order valence-electron chi connectivity index (χ0n) is 11.9. The van der Waals surface area contributed by atoms with Crippen LogP contribution in [0.5, 0.6) is 0 Å². The highest BCUT2D eigenvalue weighted by atomic mass is 35.5. The van der Waals surface area contributed by atoms with E-state index < -0.39 is 30.0 Å². The molecule has 1 atom stereocenters. The van der Waals surface area contributed by atoms with Crippen LogP contribution in [-0.4, -0.2) is 35.1 Å². The lowest BCUT2D eigenvalue weighted by atomic mass is 10.1. The second-order valence-electron chi connectivity index (χ2n) is 4.91. The molecule has 24 heavy (non-hydrogen) atoms. The summed E-state index contributed by atoms with van der Waals surface area (Å²) in [4.78, 5) is 38.4. The van der Waals surface area contributed by atoms with Gasteiger partial charge in [0.15, 0.2) is 0 Å². The van der Waals surface area contributed by atoms with Gasteiger partial charge in [-0.25, -0.2) is 4.79 Å². The fourth-order valence-electron chi connectivity index (χ4n) is 2.02. The molecule has 1 aromatic rings. The summed E-state index contributed by atoms with van der Waals surface area (Å²) >= 11 is 5.81. The van der Waals surface area contributed by atoms with Gasteiger partial charge in [0.05, 0.1) is 0 Å². The topological polar surface area (TPSA) is 102 Å². The summed E-state index contributed by atoms with van der Waals surface area (Å²) in [5, 5.41) is 2.79. The molecule has 0 spiro atoms. The molecule has 130 valence electrons. The molecule has 1 heterocycles. The number of hydroxylamine groups is 2. The Morgan fingerprint density at radius 1 is 1.33 bits per heavy atom. The molecule has 1 saturated heterocycles. The van der Waals surface area contributed by atoms with E-state index >= 15 is 0 Å². The van der Waals surface area contributed by atoms with E-state index in [1.807, 2.05) is 0 Å². The molecule has 0 bridgehead atoms. The van der Waals surface area contributed by atoms with Crippen LogP contribution in [0.2, 0.25) is 5.02 Å². The van der Waals surface area contributed by atoms with Gasteiger partial charge in [-0.1, -0.05) is 11.6 Å². The Morgan fingerprint density at radius 2 is 2.00 bits per heavy atom. The van der Waals surface area contributed by atoms with Crippen molar-refractivity contribution in [1.82, 2.24) is 5.06 Å². The smallest absolute Gasteiger partial charge is 0.399 e.